The molecule has 0 radical (unpaired) electrons. The van der Waals surface area contributed by atoms with E-state index in [9.17, 15) is 4.79 Å². The van der Waals surface area contributed by atoms with Crippen LogP contribution in [0.3, 0.4) is 0 Å². The first-order valence-electron chi connectivity index (χ1n) is 8.03. The fourth-order valence-corrected chi connectivity index (χ4v) is 3.54. The lowest BCUT2D eigenvalue weighted by Gasteiger charge is -2.30. The third-order valence-corrected chi connectivity index (χ3v) is 4.78. The van der Waals surface area contributed by atoms with Gasteiger partial charge in [0.1, 0.15) is 0 Å². The van der Waals surface area contributed by atoms with E-state index in [-0.39, 0.29) is 24.4 Å². The second-order valence-corrected chi connectivity index (χ2v) is 6.26. The Morgan fingerprint density at radius 3 is 2.55 bits per heavy atom. The molecule has 1 aromatic rings. The van der Waals surface area contributed by atoms with Crippen LogP contribution in [0.4, 0.5) is 5.69 Å². The Balaban J connectivity index is 0.00000176. The van der Waals surface area contributed by atoms with Crippen molar-refractivity contribution in [2.75, 3.05) is 38.1 Å². The molecule has 0 aromatic heterocycles. The molecule has 0 saturated carbocycles. The highest BCUT2D eigenvalue weighted by atomic mass is 35.5. The van der Waals surface area contributed by atoms with Crippen molar-refractivity contribution < 1.29 is 4.79 Å². The summed E-state index contributed by atoms with van der Waals surface area (Å²) in [6.07, 6.45) is 3.40. The van der Waals surface area contributed by atoms with Crippen LogP contribution in [-0.4, -0.2) is 50.1 Å². The number of benzene rings is 1. The van der Waals surface area contributed by atoms with Crippen LogP contribution in [0.25, 0.3) is 0 Å². The van der Waals surface area contributed by atoms with Gasteiger partial charge >= 0.3 is 0 Å². The van der Waals surface area contributed by atoms with Gasteiger partial charge in [-0.25, -0.2) is 0 Å². The third kappa shape index (κ3) is 3.80. The van der Waals surface area contributed by atoms with E-state index in [1.807, 2.05) is 35.2 Å². The molecule has 1 atom stereocenters. The number of nitrogens with zero attached hydrogens (tertiary/aromatic N) is 2. The number of nitrogens with one attached hydrogen (secondary N) is 1. The normalized spacial score (nSPS) is 22.9. The van der Waals surface area contributed by atoms with Crippen LogP contribution in [0.5, 0.6) is 0 Å². The summed E-state index contributed by atoms with van der Waals surface area (Å²) in [4.78, 5) is 16.9. The molecule has 2 heterocycles. The number of hydrogen-bond acceptors (Lipinski definition) is 3. The molecule has 2 aliphatic heterocycles. The Bertz CT molecular complexity index is 476. The van der Waals surface area contributed by atoms with Gasteiger partial charge in [-0.05, 0) is 57.5 Å². The van der Waals surface area contributed by atoms with Crippen LogP contribution >= 0.6 is 12.4 Å². The van der Waals surface area contributed by atoms with Gasteiger partial charge in [0.05, 0.1) is 6.04 Å². The molecule has 1 N–H and O–H groups in total. The van der Waals surface area contributed by atoms with E-state index < -0.39 is 0 Å². The van der Waals surface area contributed by atoms with Crippen molar-refractivity contribution in [1.29, 1.82) is 0 Å². The minimum absolute atomic E-state index is 0. The first-order chi connectivity index (χ1) is 10.3. The number of amides is 1. The Morgan fingerprint density at radius 2 is 1.86 bits per heavy atom. The van der Waals surface area contributed by atoms with Crippen molar-refractivity contribution in [2.24, 2.45) is 5.92 Å². The fourth-order valence-electron chi connectivity index (χ4n) is 3.54. The van der Waals surface area contributed by atoms with E-state index in [2.05, 4.69) is 17.3 Å². The van der Waals surface area contributed by atoms with E-state index in [0.717, 1.165) is 44.2 Å². The number of hydrogen-bond donors (Lipinski definition) is 1. The topological polar surface area (TPSA) is 35.6 Å². The monoisotopic (exact) mass is 323 g/mol. The molecule has 4 nitrogen and oxygen atoms in total. The van der Waals surface area contributed by atoms with Gasteiger partial charge in [-0.1, -0.05) is 18.2 Å². The van der Waals surface area contributed by atoms with Crippen LogP contribution in [0.1, 0.15) is 19.3 Å². The lowest BCUT2D eigenvalue weighted by molar-refractivity contribution is -0.121. The fraction of sp³-hybridized carbons (Fsp3) is 0.588. The number of anilines is 1. The second-order valence-electron chi connectivity index (χ2n) is 6.26. The van der Waals surface area contributed by atoms with Gasteiger partial charge in [0.15, 0.2) is 0 Å². The molecule has 122 valence electrons. The maximum Gasteiger partial charge on any atom is 0.244 e. The smallest absolute Gasteiger partial charge is 0.244 e. The number of likely N-dealkylation sites (N-methyl/N-ethyl adjacent to an activating group) is 1. The highest BCUT2D eigenvalue weighted by molar-refractivity contribution is 5.99. The number of rotatable bonds is 4. The van der Waals surface area contributed by atoms with Crippen LogP contribution in [-0.2, 0) is 4.79 Å². The van der Waals surface area contributed by atoms with Gasteiger partial charge in [0.2, 0.25) is 5.91 Å². The Labute approximate surface area is 139 Å². The van der Waals surface area contributed by atoms with Gasteiger partial charge in [-0.3, -0.25) is 9.69 Å². The highest BCUT2D eigenvalue weighted by Gasteiger charge is 2.35. The lowest BCUT2D eigenvalue weighted by Crippen LogP contribution is -2.43. The van der Waals surface area contributed by atoms with Crippen LogP contribution in [0.2, 0.25) is 0 Å². The van der Waals surface area contributed by atoms with E-state index >= 15 is 0 Å². The van der Waals surface area contributed by atoms with E-state index in [4.69, 9.17) is 0 Å². The quantitative estimate of drug-likeness (QED) is 0.922. The van der Waals surface area contributed by atoms with E-state index in [0.29, 0.717) is 0 Å². The van der Waals surface area contributed by atoms with Crippen molar-refractivity contribution in [3.05, 3.63) is 30.3 Å². The number of halogens is 1. The molecule has 1 unspecified atom stereocenters. The zero-order valence-electron chi connectivity index (χ0n) is 13.2. The van der Waals surface area contributed by atoms with Crippen LogP contribution in [0.15, 0.2) is 30.3 Å². The number of para-hydroxylation sites is 1. The van der Waals surface area contributed by atoms with Crippen molar-refractivity contribution in [3.63, 3.8) is 0 Å². The van der Waals surface area contributed by atoms with E-state index in [1.54, 1.807) is 0 Å². The maximum atomic E-state index is 12.7. The summed E-state index contributed by atoms with van der Waals surface area (Å²) >= 11 is 0. The molecular weight excluding hydrogens is 298 g/mol. The molecule has 3 rings (SSSR count). The van der Waals surface area contributed by atoms with Gasteiger partial charge in [-0.15, -0.1) is 12.4 Å². The lowest BCUT2D eigenvalue weighted by atomic mass is 9.97. The largest absolute Gasteiger partial charge is 0.317 e. The Morgan fingerprint density at radius 1 is 1.18 bits per heavy atom. The Kier molecular flexibility index (Phi) is 6.24. The SMILES string of the molecule is CN(CC1CCNCC1)C1CCN(c2ccccc2)C1=O.Cl. The first kappa shape index (κ1) is 17.3. The Hall–Kier alpha value is -1.10. The average Bonchev–Trinajstić information content (AvgIpc) is 2.91. The van der Waals surface area contributed by atoms with Crippen molar-refractivity contribution in [3.8, 4) is 0 Å². The summed E-state index contributed by atoms with van der Waals surface area (Å²) in [6.45, 7) is 4.12. The van der Waals surface area contributed by atoms with Gasteiger partial charge in [0, 0.05) is 18.8 Å². The molecule has 0 spiro atoms. The summed E-state index contributed by atoms with van der Waals surface area (Å²) in [5.41, 5.74) is 1.03. The predicted octanol–water partition coefficient (Wildman–Crippen LogP) is 2.15. The molecule has 0 bridgehead atoms. The molecule has 2 aliphatic rings. The summed E-state index contributed by atoms with van der Waals surface area (Å²) in [6, 6.07) is 10.1. The van der Waals surface area contributed by atoms with Gasteiger partial charge in [-0.2, -0.15) is 0 Å². The molecule has 2 saturated heterocycles. The van der Waals surface area contributed by atoms with Crippen molar-refractivity contribution >= 4 is 24.0 Å². The third-order valence-electron chi connectivity index (χ3n) is 4.78. The molecule has 0 aliphatic carbocycles. The predicted molar refractivity (Wildman–Crippen MR) is 92.7 cm³/mol. The number of piperidine rings is 1. The zero-order valence-corrected chi connectivity index (χ0v) is 14.0. The number of carbonyl (C=O) groups excluding carboxylic acids is 1. The van der Waals surface area contributed by atoms with Crippen LogP contribution < -0.4 is 10.2 Å². The summed E-state index contributed by atoms with van der Waals surface area (Å²) < 4.78 is 0. The summed E-state index contributed by atoms with van der Waals surface area (Å²) in [7, 11) is 2.11. The van der Waals surface area contributed by atoms with Gasteiger partial charge in [0.25, 0.3) is 0 Å². The standard InChI is InChI=1S/C17H25N3O.ClH/c1-19(13-14-7-10-18-11-8-14)16-9-12-20(17(16)21)15-5-3-2-4-6-15;/h2-6,14,16,18H,7-13H2,1H3;1H. The maximum absolute atomic E-state index is 12.7. The minimum Gasteiger partial charge on any atom is -0.317 e. The minimum atomic E-state index is 0. The zero-order chi connectivity index (χ0) is 14.7. The molecule has 1 amide bonds. The van der Waals surface area contributed by atoms with Gasteiger partial charge < -0.3 is 10.2 Å². The summed E-state index contributed by atoms with van der Waals surface area (Å²) in [5, 5.41) is 3.40. The molecule has 1 aromatic carbocycles. The number of carbonyl (C=O) groups is 1. The highest BCUT2D eigenvalue weighted by Crippen LogP contribution is 2.25. The molecule has 2 fully saturated rings. The average molecular weight is 324 g/mol. The molecular formula is C17H26ClN3O. The second kappa shape index (κ2) is 7.95. The summed E-state index contributed by atoms with van der Waals surface area (Å²) in [5.74, 6) is 0.993. The molecule has 22 heavy (non-hydrogen) atoms. The molecule has 5 heteroatoms. The van der Waals surface area contributed by atoms with Crippen LogP contribution in [0, 0.1) is 5.92 Å². The van der Waals surface area contributed by atoms with Crippen molar-refractivity contribution in [2.45, 2.75) is 25.3 Å². The first-order valence-corrected chi connectivity index (χ1v) is 8.03. The van der Waals surface area contributed by atoms with E-state index in [1.165, 1.54) is 12.8 Å². The van der Waals surface area contributed by atoms with Crippen molar-refractivity contribution in [1.82, 2.24) is 10.2 Å².